The Hall–Kier alpha value is -2.30. The van der Waals surface area contributed by atoms with Gasteiger partial charge in [0.25, 0.3) is 0 Å². The summed E-state index contributed by atoms with van der Waals surface area (Å²) in [6, 6.07) is 21.0. The van der Waals surface area contributed by atoms with Crippen LogP contribution in [-0.2, 0) is 6.54 Å². The lowest BCUT2D eigenvalue weighted by Crippen LogP contribution is -2.25. The number of aliphatic hydroxyl groups is 1. The van der Waals surface area contributed by atoms with E-state index in [1.165, 1.54) is 21.9 Å². The predicted molar refractivity (Wildman–Crippen MR) is 118 cm³/mol. The summed E-state index contributed by atoms with van der Waals surface area (Å²) in [5.41, 5.74) is 5.79. The Kier molecular flexibility index (Phi) is 4.94. The number of para-hydroxylation sites is 1. The van der Waals surface area contributed by atoms with E-state index < -0.39 is 6.10 Å². The molecule has 0 saturated carbocycles. The minimum atomic E-state index is -0.492. The summed E-state index contributed by atoms with van der Waals surface area (Å²) in [5.74, 6) is 0. The molecule has 0 saturated heterocycles. The van der Waals surface area contributed by atoms with Crippen LogP contribution in [0.1, 0.15) is 11.1 Å². The highest BCUT2D eigenvalue weighted by atomic mass is 79.9. The summed E-state index contributed by atoms with van der Waals surface area (Å²) >= 11 is 3.59. The van der Waals surface area contributed by atoms with Gasteiger partial charge in [0.05, 0.1) is 12.6 Å². The number of halogens is 1. The third-order valence-electron chi connectivity index (χ3n) is 5.05. The van der Waals surface area contributed by atoms with E-state index in [1.54, 1.807) is 0 Å². The second kappa shape index (κ2) is 7.37. The number of rotatable bonds is 5. The van der Waals surface area contributed by atoms with E-state index in [-0.39, 0.29) is 0 Å². The Morgan fingerprint density at radius 3 is 2.44 bits per heavy atom. The number of benzene rings is 3. The molecule has 0 bridgehead atoms. The number of hydrogen-bond donors (Lipinski definition) is 2. The van der Waals surface area contributed by atoms with E-state index in [0.717, 1.165) is 21.2 Å². The maximum absolute atomic E-state index is 10.7. The van der Waals surface area contributed by atoms with Crippen LogP contribution in [0, 0.1) is 13.8 Å². The van der Waals surface area contributed by atoms with Crippen molar-refractivity contribution in [3.8, 4) is 0 Å². The first-order valence-corrected chi connectivity index (χ1v) is 9.98. The van der Waals surface area contributed by atoms with E-state index in [4.69, 9.17) is 0 Å². The summed E-state index contributed by atoms with van der Waals surface area (Å²) < 4.78 is 3.29. The van der Waals surface area contributed by atoms with Crippen LogP contribution in [0.15, 0.2) is 65.1 Å². The molecular formula is C23H23BrN2O. The average Bonchev–Trinajstić information content (AvgIpc) is 2.93. The Morgan fingerprint density at radius 1 is 0.963 bits per heavy atom. The van der Waals surface area contributed by atoms with Crippen LogP contribution in [0.4, 0.5) is 5.69 Å². The Bertz CT molecular complexity index is 1060. The zero-order chi connectivity index (χ0) is 19.0. The number of aromatic nitrogens is 1. The first-order chi connectivity index (χ1) is 13.0. The lowest BCUT2D eigenvalue weighted by Gasteiger charge is -2.16. The molecule has 3 nitrogen and oxygen atoms in total. The predicted octanol–water partition coefficient (Wildman–Crippen LogP) is 5.65. The molecule has 4 rings (SSSR count). The highest BCUT2D eigenvalue weighted by Crippen LogP contribution is 2.32. The lowest BCUT2D eigenvalue weighted by atomic mass is 10.1. The third kappa shape index (κ3) is 3.60. The molecule has 4 heteroatoms. The number of nitrogens with one attached hydrogen (secondary N) is 1. The van der Waals surface area contributed by atoms with Crippen molar-refractivity contribution in [3.63, 3.8) is 0 Å². The molecule has 1 aromatic heterocycles. The number of fused-ring (bicyclic) bond motifs is 3. The zero-order valence-corrected chi connectivity index (χ0v) is 17.1. The summed E-state index contributed by atoms with van der Waals surface area (Å²) in [5, 5.41) is 16.5. The van der Waals surface area contributed by atoms with Crippen molar-refractivity contribution in [1.82, 2.24) is 4.57 Å². The Morgan fingerprint density at radius 2 is 1.67 bits per heavy atom. The van der Waals surface area contributed by atoms with E-state index >= 15 is 0 Å². The van der Waals surface area contributed by atoms with E-state index in [0.29, 0.717) is 13.1 Å². The zero-order valence-electron chi connectivity index (χ0n) is 15.5. The van der Waals surface area contributed by atoms with Gasteiger partial charge in [-0.2, -0.15) is 0 Å². The highest BCUT2D eigenvalue weighted by molar-refractivity contribution is 9.10. The number of nitrogens with zero attached hydrogens (tertiary/aromatic N) is 1. The van der Waals surface area contributed by atoms with Gasteiger partial charge in [0, 0.05) is 38.5 Å². The molecule has 0 amide bonds. The molecule has 4 aromatic rings. The van der Waals surface area contributed by atoms with Gasteiger partial charge >= 0.3 is 0 Å². The van der Waals surface area contributed by atoms with Crippen molar-refractivity contribution in [3.05, 3.63) is 76.3 Å². The molecule has 0 aliphatic heterocycles. The largest absolute Gasteiger partial charge is 0.389 e. The van der Waals surface area contributed by atoms with Crippen LogP contribution < -0.4 is 5.32 Å². The molecule has 0 aliphatic carbocycles. The molecule has 0 aliphatic rings. The van der Waals surface area contributed by atoms with Gasteiger partial charge in [0.2, 0.25) is 0 Å². The highest BCUT2D eigenvalue weighted by Gasteiger charge is 2.14. The van der Waals surface area contributed by atoms with Gasteiger partial charge in [-0.3, -0.25) is 0 Å². The van der Waals surface area contributed by atoms with Crippen LogP contribution >= 0.6 is 15.9 Å². The number of aryl methyl sites for hydroxylation is 2. The summed E-state index contributed by atoms with van der Waals surface area (Å²) in [7, 11) is 0. The van der Waals surface area contributed by atoms with Crippen molar-refractivity contribution < 1.29 is 5.11 Å². The minimum absolute atomic E-state index is 0.492. The first-order valence-electron chi connectivity index (χ1n) is 9.18. The minimum Gasteiger partial charge on any atom is -0.389 e. The van der Waals surface area contributed by atoms with Gasteiger partial charge in [-0.25, -0.2) is 0 Å². The van der Waals surface area contributed by atoms with Crippen LogP contribution in [0.2, 0.25) is 0 Å². The fourth-order valence-corrected chi connectivity index (χ4v) is 4.02. The van der Waals surface area contributed by atoms with Crippen molar-refractivity contribution in [2.24, 2.45) is 0 Å². The summed E-state index contributed by atoms with van der Waals surface area (Å²) in [4.78, 5) is 0. The summed E-state index contributed by atoms with van der Waals surface area (Å²) in [6.45, 7) is 5.24. The third-order valence-corrected chi connectivity index (χ3v) is 5.54. The number of hydrogen-bond acceptors (Lipinski definition) is 2. The normalized spacial score (nSPS) is 12.6. The topological polar surface area (TPSA) is 37.2 Å². The Labute approximate surface area is 167 Å². The molecular weight excluding hydrogens is 400 g/mol. The van der Waals surface area contributed by atoms with Gasteiger partial charge in [0.15, 0.2) is 0 Å². The van der Waals surface area contributed by atoms with Crippen LogP contribution in [-0.4, -0.2) is 22.3 Å². The average molecular weight is 423 g/mol. The molecule has 0 fully saturated rings. The second-order valence-electron chi connectivity index (χ2n) is 7.14. The van der Waals surface area contributed by atoms with Crippen molar-refractivity contribution >= 4 is 43.4 Å². The number of anilines is 1. The van der Waals surface area contributed by atoms with Crippen molar-refractivity contribution in [1.29, 1.82) is 0 Å². The molecule has 1 atom stereocenters. The molecule has 1 heterocycles. The van der Waals surface area contributed by atoms with Crippen molar-refractivity contribution in [2.75, 3.05) is 11.9 Å². The van der Waals surface area contributed by atoms with Gasteiger partial charge in [-0.05, 0) is 55.8 Å². The van der Waals surface area contributed by atoms with E-state index in [2.05, 4.69) is 82.1 Å². The molecule has 2 N–H and O–H groups in total. The molecule has 1 unspecified atom stereocenters. The maximum Gasteiger partial charge on any atom is 0.0891 e. The van der Waals surface area contributed by atoms with Crippen LogP contribution in [0.5, 0.6) is 0 Å². The van der Waals surface area contributed by atoms with E-state index in [9.17, 15) is 5.11 Å². The lowest BCUT2D eigenvalue weighted by molar-refractivity contribution is 0.169. The van der Waals surface area contributed by atoms with Crippen LogP contribution in [0.3, 0.4) is 0 Å². The Balaban J connectivity index is 1.65. The molecule has 138 valence electrons. The monoisotopic (exact) mass is 422 g/mol. The van der Waals surface area contributed by atoms with Gasteiger partial charge in [-0.15, -0.1) is 0 Å². The smallest absolute Gasteiger partial charge is 0.0891 e. The molecule has 0 spiro atoms. The van der Waals surface area contributed by atoms with Crippen LogP contribution in [0.25, 0.3) is 21.8 Å². The van der Waals surface area contributed by atoms with Gasteiger partial charge < -0.3 is 15.0 Å². The standard InChI is InChI=1S/C23H23BrN2O/c1-15-7-9-22-19(11-15)20-12-17(24)8-10-23(20)26(22)14-18(27)13-25-21-6-4-3-5-16(21)2/h3-12,18,25,27H,13-14H2,1-2H3. The fourth-order valence-electron chi connectivity index (χ4n) is 3.66. The molecule has 27 heavy (non-hydrogen) atoms. The summed E-state index contributed by atoms with van der Waals surface area (Å²) in [6.07, 6.45) is -0.492. The molecule has 3 aromatic carbocycles. The SMILES string of the molecule is Cc1ccc2c(c1)c1cc(Br)ccc1n2CC(O)CNc1ccccc1C. The fraction of sp³-hybridized carbons (Fsp3) is 0.217. The quantitative estimate of drug-likeness (QED) is 0.436. The van der Waals surface area contributed by atoms with Gasteiger partial charge in [-0.1, -0.05) is 45.8 Å². The number of aliphatic hydroxyl groups excluding tert-OH is 1. The first kappa shape index (κ1) is 18.1. The van der Waals surface area contributed by atoms with Gasteiger partial charge in [0.1, 0.15) is 0 Å². The second-order valence-corrected chi connectivity index (χ2v) is 8.06. The molecule has 0 radical (unpaired) electrons. The maximum atomic E-state index is 10.7. The van der Waals surface area contributed by atoms with Crippen molar-refractivity contribution in [2.45, 2.75) is 26.5 Å². The van der Waals surface area contributed by atoms with E-state index in [1.807, 2.05) is 18.2 Å².